The number of carbonyl (C=O) groups excluding carboxylic acids is 2. The molecular weight excluding hydrogens is 420 g/mol. The van der Waals surface area contributed by atoms with Crippen molar-refractivity contribution in [2.75, 3.05) is 7.05 Å². The molecule has 0 saturated carbocycles. The lowest BCUT2D eigenvalue weighted by Gasteiger charge is -2.45. The molecule has 2 atom stereocenters. The number of fused-ring (bicyclic) bond motifs is 2. The van der Waals surface area contributed by atoms with Gasteiger partial charge in [-0.15, -0.1) is 0 Å². The highest BCUT2D eigenvalue weighted by Gasteiger charge is 2.37. The van der Waals surface area contributed by atoms with E-state index in [-0.39, 0.29) is 23.9 Å². The lowest BCUT2D eigenvalue weighted by molar-refractivity contribution is 0.0265. The smallest absolute Gasteiger partial charge is 0.256 e. The molecule has 1 aromatic carbocycles. The molecule has 0 spiro atoms. The third kappa shape index (κ3) is 3.25. The first-order chi connectivity index (χ1) is 15.8. The standard InChI is InChI=1S/C25H26N4O4/c1-13-10-14(2)29(13)25(31)19-12-28-23(15(19)3)20(8-9-27-28)33-17-6-7-18-21(11-17)32-16(4)22(18)24(30)26-5/h6-9,11-14H,10H2,1-5H3,(H,26,30)/t13-,14-/m0/s1. The molecule has 1 saturated heterocycles. The van der Waals surface area contributed by atoms with Gasteiger partial charge in [0, 0.05) is 42.8 Å². The van der Waals surface area contributed by atoms with Crippen molar-refractivity contribution in [2.45, 2.75) is 46.2 Å². The van der Waals surface area contributed by atoms with Crippen LogP contribution in [0, 0.1) is 13.8 Å². The van der Waals surface area contributed by atoms with Crippen molar-refractivity contribution in [3.8, 4) is 11.5 Å². The highest BCUT2D eigenvalue weighted by Crippen LogP contribution is 2.35. The molecule has 4 heterocycles. The summed E-state index contributed by atoms with van der Waals surface area (Å²) >= 11 is 0. The Balaban J connectivity index is 1.52. The summed E-state index contributed by atoms with van der Waals surface area (Å²) < 4.78 is 13.7. The van der Waals surface area contributed by atoms with Gasteiger partial charge in [-0.25, -0.2) is 4.52 Å². The minimum absolute atomic E-state index is 0.0180. The molecule has 1 aliphatic rings. The zero-order valence-corrected chi connectivity index (χ0v) is 19.3. The van der Waals surface area contributed by atoms with Crippen LogP contribution in [0.2, 0.25) is 0 Å². The monoisotopic (exact) mass is 446 g/mol. The van der Waals surface area contributed by atoms with E-state index >= 15 is 0 Å². The van der Waals surface area contributed by atoms with E-state index in [0.717, 1.165) is 22.9 Å². The number of aryl methyl sites for hydroxylation is 2. The summed E-state index contributed by atoms with van der Waals surface area (Å²) in [6.45, 7) is 7.82. The molecule has 8 heteroatoms. The normalized spacial score (nSPS) is 17.9. The number of rotatable bonds is 4. The van der Waals surface area contributed by atoms with Crippen LogP contribution in [0.4, 0.5) is 0 Å². The van der Waals surface area contributed by atoms with Crippen molar-refractivity contribution in [1.29, 1.82) is 0 Å². The Morgan fingerprint density at radius 1 is 1.18 bits per heavy atom. The summed E-state index contributed by atoms with van der Waals surface area (Å²) in [5.74, 6) is 1.52. The van der Waals surface area contributed by atoms with Crippen molar-refractivity contribution in [3.05, 3.63) is 59.1 Å². The molecule has 8 nitrogen and oxygen atoms in total. The topological polar surface area (TPSA) is 89.1 Å². The Hall–Kier alpha value is -3.81. The maximum Gasteiger partial charge on any atom is 0.256 e. The van der Waals surface area contributed by atoms with Crippen LogP contribution in [-0.4, -0.2) is 45.5 Å². The zero-order chi connectivity index (χ0) is 23.4. The molecule has 0 radical (unpaired) electrons. The number of carbonyl (C=O) groups is 2. The molecule has 33 heavy (non-hydrogen) atoms. The second-order valence-electron chi connectivity index (χ2n) is 8.67. The van der Waals surface area contributed by atoms with Crippen molar-refractivity contribution < 1.29 is 18.7 Å². The Bertz CT molecular complexity index is 1410. The molecule has 1 aliphatic heterocycles. The van der Waals surface area contributed by atoms with E-state index in [9.17, 15) is 9.59 Å². The number of nitrogens with one attached hydrogen (secondary N) is 1. The molecule has 170 valence electrons. The first kappa shape index (κ1) is 21.1. The molecule has 2 amide bonds. The summed E-state index contributed by atoms with van der Waals surface area (Å²) in [5.41, 5.74) is 3.28. The molecule has 5 rings (SSSR count). The minimum atomic E-state index is -0.192. The molecule has 0 bridgehead atoms. The van der Waals surface area contributed by atoms with E-state index in [1.54, 1.807) is 49.1 Å². The first-order valence-corrected chi connectivity index (χ1v) is 11.0. The molecule has 0 unspecified atom stereocenters. The van der Waals surface area contributed by atoms with Gasteiger partial charge in [0.2, 0.25) is 0 Å². The maximum absolute atomic E-state index is 13.2. The maximum atomic E-state index is 13.2. The van der Waals surface area contributed by atoms with Gasteiger partial charge in [-0.3, -0.25) is 9.59 Å². The summed E-state index contributed by atoms with van der Waals surface area (Å²) in [4.78, 5) is 27.3. The fourth-order valence-corrected chi connectivity index (χ4v) is 4.88. The van der Waals surface area contributed by atoms with E-state index in [1.165, 1.54) is 0 Å². The van der Waals surface area contributed by atoms with Crippen LogP contribution in [0.3, 0.4) is 0 Å². The van der Waals surface area contributed by atoms with Crippen LogP contribution in [0.15, 0.2) is 41.1 Å². The quantitative estimate of drug-likeness (QED) is 0.500. The molecule has 1 fully saturated rings. The van der Waals surface area contributed by atoms with Crippen LogP contribution in [-0.2, 0) is 0 Å². The first-order valence-electron chi connectivity index (χ1n) is 11.0. The molecule has 3 aromatic heterocycles. The summed E-state index contributed by atoms with van der Waals surface area (Å²) in [5, 5.41) is 7.75. The molecule has 0 aliphatic carbocycles. The summed E-state index contributed by atoms with van der Waals surface area (Å²) in [6.07, 6.45) is 4.43. The minimum Gasteiger partial charge on any atom is -0.460 e. The highest BCUT2D eigenvalue weighted by atomic mass is 16.5. The number of hydrogen-bond donors (Lipinski definition) is 1. The third-order valence-corrected chi connectivity index (χ3v) is 6.51. The predicted octanol–water partition coefficient (Wildman–Crippen LogP) is 4.47. The zero-order valence-electron chi connectivity index (χ0n) is 19.3. The number of furan rings is 1. The molecule has 1 N–H and O–H groups in total. The van der Waals surface area contributed by atoms with Crippen molar-refractivity contribution in [3.63, 3.8) is 0 Å². The fraction of sp³-hybridized carbons (Fsp3) is 0.320. The van der Waals surface area contributed by atoms with Crippen molar-refractivity contribution in [1.82, 2.24) is 19.8 Å². The van der Waals surface area contributed by atoms with E-state index in [4.69, 9.17) is 9.15 Å². The fourth-order valence-electron chi connectivity index (χ4n) is 4.88. The van der Waals surface area contributed by atoms with Gasteiger partial charge in [0.1, 0.15) is 22.6 Å². The second kappa shape index (κ2) is 7.65. The van der Waals surface area contributed by atoms with E-state index < -0.39 is 0 Å². The number of nitrogens with zero attached hydrogens (tertiary/aromatic N) is 3. The number of benzene rings is 1. The van der Waals surface area contributed by atoms with Crippen LogP contribution in [0.25, 0.3) is 16.5 Å². The summed E-state index contributed by atoms with van der Waals surface area (Å²) in [7, 11) is 1.59. The average molecular weight is 447 g/mol. The van der Waals surface area contributed by atoms with Crippen molar-refractivity contribution >= 4 is 28.3 Å². The molecule has 4 aromatic rings. The van der Waals surface area contributed by atoms with Crippen LogP contribution in [0.5, 0.6) is 11.5 Å². The Labute approximate surface area is 191 Å². The van der Waals surface area contributed by atoms with Crippen LogP contribution in [0.1, 0.15) is 52.3 Å². The van der Waals surface area contributed by atoms with Gasteiger partial charge in [-0.1, -0.05) is 0 Å². The van der Waals surface area contributed by atoms with E-state index in [0.29, 0.717) is 34.0 Å². The second-order valence-corrected chi connectivity index (χ2v) is 8.67. The van der Waals surface area contributed by atoms with E-state index in [1.807, 2.05) is 17.9 Å². The van der Waals surface area contributed by atoms with Gasteiger partial charge in [-0.05, 0) is 51.8 Å². The summed E-state index contributed by atoms with van der Waals surface area (Å²) in [6, 6.07) is 7.63. The largest absolute Gasteiger partial charge is 0.460 e. The van der Waals surface area contributed by atoms with Crippen LogP contribution < -0.4 is 10.1 Å². The van der Waals surface area contributed by atoms with Gasteiger partial charge in [-0.2, -0.15) is 5.10 Å². The van der Waals surface area contributed by atoms with Gasteiger partial charge < -0.3 is 19.4 Å². The van der Waals surface area contributed by atoms with Crippen LogP contribution >= 0.6 is 0 Å². The SMILES string of the molecule is CNC(=O)c1c(C)oc2cc(Oc3ccnn4cc(C(=O)N5[C@@H](C)C[C@@H]5C)c(C)c34)ccc12. The number of hydrogen-bond acceptors (Lipinski definition) is 5. The third-order valence-electron chi connectivity index (χ3n) is 6.51. The predicted molar refractivity (Wildman–Crippen MR) is 124 cm³/mol. The Morgan fingerprint density at radius 2 is 1.94 bits per heavy atom. The van der Waals surface area contributed by atoms with Crippen molar-refractivity contribution in [2.24, 2.45) is 0 Å². The van der Waals surface area contributed by atoms with Gasteiger partial charge >= 0.3 is 0 Å². The van der Waals surface area contributed by atoms with Gasteiger partial charge in [0.25, 0.3) is 11.8 Å². The average Bonchev–Trinajstić information content (AvgIpc) is 3.29. The number of ether oxygens (including phenoxy) is 1. The Kier molecular flexibility index (Phi) is 4.88. The van der Waals surface area contributed by atoms with E-state index in [2.05, 4.69) is 24.3 Å². The lowest BCUT2D eigenvalue weighted by atomic mass is 9.94. The number of amides is 2. The van der Waals surface area contributed by atoms with Gasteiger partial charge in [0.15, 0.2) is 5.75 Å². The number of likely N-dealkylation sites (tertiary alicyclic amines) is 1. The number of aromatic nitrogens is 2. The van der Waals surface area contributed by atoms with Gasteiger partial charge in [0.05, 0.1) is 17.3 Å². The molecular formula is C25H26N4O4. The lowest BCUT2D eigenvalue weighted by Crippen LogP contribution is -2.55. The Morgan fingerprint density at radius 3 is 2.64 bits per heavy atom. The highest BCUT2D eigenvalue weighted by molar-refractivity contribution is 6.07.